The van der Waals surface area contributed by atoms with Crippen molar-refractivity contribution in [1.82, 2.24) is 19.8 Å². The molecule has 2 aliphatic rings. The van der Waals surface area contributed by atoms with Crippen LogP contribution in [0.4, 0.5) is 0 Å². The molecule has 4 rings (SSSR count). The summed E-state index contributed by atoms with van der Waals surface area (Å²) in [5, 5.41) is 0. The molecule has 25 heavy (non-hydrogen) atoms. The van der Waals surface area contributed by atoms with Gasteiger partial charge in [-0.2, -0.15) is 0 Å². The van der Waals surface area contributed by atoms with Crippen LogP contribution in [0.25, 0.3) is 0 Å². The molecule has 0 saturated carbocycles. The van der Waals surface area contributed by atoms with Crippen LogP contribution in [0.1, 0.15) is 40.1 Å². The summed E-state index contributed by atoms with van der Waals surface area (Å²) < 4.78 is 5.02. The van der Waals surface area contributed by atoms with E-state index in [1.165, 1.54) is 24.9 Å². The molecule has 0 unspecified atom stereocenters. The van der Waals surface area contributed by atoms with Gasteiger partial charge in [-0.3, -0.25) is 14.6 Å². The molecule has 1 spiro atoms. The first-order chi connectivity index (χ1) is 12.2. The molecule has 2 fully saturated rings. The van der Waals surface area contributed by atoms with Gasteiger partial charge in [0, 0.05) is 44.0 Å². The van der Waals surface area contributed by atoms with Crippen molar-refractivity contribution in [3.63, 3.8) is 0 Å². The Morgan fingerprint density at radius 2 is 1.92 bits per heavy atom. The number of carbonyl (C=O) groups is 2. The normalized spacial score (nSPS) is 23.2. The van der Waals surface area contributed by atoms with E-state index in [1.807, 2.05) is 9.80 Å². The van der Waals surface area contributed by atoms with Crippen molar-refractivity contribution in [3.05, 3.63) is 48.4 Å². The standard InChI is InChI=1S/C18H20N4O3/c23-16(14-2-9-25-11-14)22-8-4-18(13-22)3-1-7-21(12-18)17(24)15-10-19-5-6-20-15/h2,5-6,9-11H,1,3-4,7-8,12-13H2/t18-/m1/s1. The Balaban J connectivity index is 1.46. The van der Waals surface area contributed by atoms with Gasteiger partial charge in [0.1, 0.15) is 12.0 Å². The predicted molar refractivity (Wildman–Crippen MR) is 88.8 cm³/mol. The summed E-state index contributed by atoms with van der Waals surface area (Å²) >= 11 is 0. The fourth-order valence-corrected chi connectivity index (χ4v) is 3.96. The molecule has 2 amide bonds. The third-order valence-electron chi connectivity index (χ3n) is 5.22. The molecule has 130 valence electrons. The summed E-state index contributed by atoms with van der Waals surface area (Å²) in [5.74, 6) is -0.0743. The molecule has 0 bridgehead atoms. The Morgan fingerprint density at radius 1 is 1.08 bits per heavy atom. The summed E-state index contributed by atoms with van der Waals surface area (Å²) in [4.78, 5) is 37.0. The van der Waals surface area contributed by atoms with Gasteiger partial charge in [0.05, 0.1) is 18.0 Å². The summed E-state index contributed by atoms with van der Waals surface area (Å²) in [6, 6.07) is 1.69. The number of hydrogen-bond donors (Lipinski definition) is 0. The van der Waals surface area contributed by atoms with E-state index in [2.05, 4.69) is 9.97 Å². The smallest absolute Gasteiger partial charge is 0.274 e. The van der Waals surface area contributed by atoms with Crippen molar-refractivity contribution in [2.24, 2.45) is 5.41 Å². The number of amides is 2. The molecular formula is C18H20N4O3. The zero-order chi connectivity index (χ0) is 17.3. The SMILES string of the molecule is O=C(c1ccoc1)N1CC[C@@]2(CCCN(C(=O)c3cnccn3)C2)C1. The molecule has 7 nitrogen and oxygen atoms in total. The fraction of sp³-hybridized carbons (Fsp3) is 0.444. The van der Waals surface area contributed by atoms with Crippen molar-refractivity contribution >= 4 is 11.8 Å². The fourth-order valence-electron chi connectivity index (χ4n) is 3.96. The highest BCUT2D eigenvalue weighted by Crippen LogP contribution is 2.39. The summed E-state index contributed by atoms with van der Waals surface area (Å²) in [6.45, 7) is 2.79. The van der Waals surface area contributed by atoms with Gasteiger partial charge in [-0.15, -0.1) is 0 Å². The van der Waals surface area contributed by atoms with Crippen LogP contribution < -0.4 is 0 Å². The Morgan fingerprint density at radius 3 is 2.64 bits per heavy atom. The van der Waals surface area contributed by atoms with Crippen LogP contribution in [0.5, 0.6) is 0 Å². The average Bonchev–Trinajstić information content (AvgIpc) is 3.32. The lowest BCUT2D eigenvalue weighted by atomic mass is 9.79. The monoisotopic (exact) mass is 340 g/mol. The molecule has 2 aromatic heterocycles. The molecule has 2 aromatic rings. The van der Waals surface area contributed by atoms with Crippen molar-refractivity contribution in [2.45, 2.75) is 19.3 Å². The number of hydrogen-bond acceptors (Lipinski definition) is 5. The first-order valence-electron chi connectivity index (χ1n) is 8.54. The van der Waals surface area contributed by atoms with Gasteiger partial charge in [-0.1, -0.05) is 0 Å². The minimum Gasteiger partial charge on any atom is -0.472 e. The Kier molecular flexibility index (Phi) is 3.99. The first-order valence-corrected chi connectivity index (χ1v) is 8.54. The zero-order valence-corrected chi connectivity index (χ0v) is 13.9. The van der Waals surface area contributed by atoms with Crippen LogP contribution >= 0.6 is 0 Å². The van der Waals surface area contributed by atoms with Crippen LogP contribution in [0.2, 0.25) is 0 Å². The summed E-state index contributed by atoms with van der Waals surface area (Å²) in [5.41, 5.74) is 0.944. The molecule has 0 aromatic carbocycles. The molecule has 7 heteroatoms. The van der Waals surface area contributed by atoms with Gasteiger partial charge in [0.2, 0.25) is 0 Å². The van der Waals surface area contributed by atoms with Crippen LogP contribution in [0.15, 0.2) is 41.6 Å². The quantitative estimate of drug-likeness (QED) is 0.833. The average molecular weight is 340 g/mol. The second-order valence-electron chi connectivity index (χ2n) is 6.91. The van der Waals surface area contributed by atoms with Crippen molar-refractivity contribution in [2.75, 3.05) is 26.2 Å². The highest BCUT2D eigenvalue weighted by molar-refractivity contribution is 5.94. The minimum absolute atomic E-state index is 0.00278. The maximum absolute atomic E-state index is 12.7. The number of aromatic nitrogens is 2. The van der Waals surface area contributed by atoms with Crippen molar-refractivity contribution in [1.29, 1.82) is 0 Å². The number of furan rings is 1. The molecule has 0 radical (unpaired) electrons. The highest BCUT2D eigenvalue weighted by Gasteiger charge is 2.44. The van der Waals surface area contributed by atoms with Gasteiger partial charge >= 0.3 is 0 Å². The van der Waals surface area contributed by atoms with Crippen LogP contribution in [0.3, 0.4) is 0 Å². The number of nitrogens with zero attached hydrogens (tertiary/aromatic N) is 4. The summed E-state index contributed by atoms with van der Waals surface area (Å²) in [6.07, 6.45) is 10.5. The molecule has 2 aliphatic heterocycles. The molecule has 0 aliphatic carbocycles. The first kappa shape index (κ1) is 15.8. The van der Waals surface area contributed by atoms with Crippen LogP contribution in [0, 0.1) is 5.41 Å². The maximum Gasteiger partial charge on any atom is 0.274 e. The molecule has 2 saturated heterocycles. The van der Waals surface area contributed by atoms with Crippen molar-refractivity contribution in [3.8, 4) is 0 Å². The number of piperidine rings is 1. The lowest BCUT2D eigenvalue weighted by Crippen LogP contribution is -2.47. The van der Waals surface area contributed by atoms with Gasteiger partial charge in [-0.25, -0.2) is 4.98 Å². The molecule has 0 N–H and O–H groups in total. The van der Waals surface area contributed by atoms with Crippen LogP contribution in [-0.4, -0.2) is 57.8 Å². The van der Waals surface area contributed by atoms with E-state index in [4.69, 9.17) is 4.42 Å². The molecule has 1 atom stereocenters. The maximum atomic E-state index is 12.7. The second kappa shape index (κ2) is 6.31. The third kappa shape index (κ3) is 3.01. The van der Waals surface area contributed by atoms with E-state index in [-0.39, 0.29) is 17.2 Å². The Bertz CT molecular complexity index is 762. The number of carbonyl (C=O) groups excluding carboxylic acids is 2. The molecule has 4 heterocycles. The Hall–Kier alpha value is -2.70. The number of likely N-dealkylation sites (tertiary alicyclic amines) is 2. The zero-order valence-electron chi connectivity index (χ0n) is 13.9. The van der Waals surface area contributed by atoms with E-state index < -0.39 is 0 Å². The lowest BCUT2D eigenvalue weighted by molar-refractivity contribution is 0.0510. The van der Waals surface area contributed by atoms with Gasteiger partial charge < -0.3 is 14.2 Å². The van der Waals surface area contributed by atoms with E-state index in [0.717, 1.165) is 32.4 Å². The predicted octanol–water partition coefficient (Wildman–Crippen LogP) is 1.84. The largest absolute Gasteiger partial charge is 0.472 e. The van der Waals surface area contributed by atoms with E-state index in [0.29, 0.717) is 24.3 Å². The topological polar surface area (TPSA) is 79.5 Å². The van der Waals surface area contributed by atoms with Crippen molar-refractivity contribution < 1.29 is 14.0 Å². The van der Waals surface area contributed by atoms with E-state index in [9.17, 15) is 9.59 Å². The van der Waals surface area contributed by atoms with Gasteiger partial charge in [0.25, 0.3) is 11.8 Å². The van der Waals surface area contributed by atoms with E-state index in [1.54, 1.807) is 12.3 Å². The van der Waals surface area contributed by atoms with Gasteiger partial charge in [0.15, 0.2) is 0 Å². The van der Waals surface area contributed by atoms with Crippen LogP contribution in [-0.2, 0) is 0 Å². The number of rotatable bonds is 2. The minimum atomic E-state index is -0.0770. The van der Waals surface area contributed by atoms with Gasteiger partial charge in [-0.05, 0) is 25.3 Å². The highest BCUT2D eigenvalue weighted by atomic mass is 16.3. The van der Waals surface area contributed by atoms with E-state index >= 15 is 0 Å². The lowest BCUT2D eigenvalue weighted by Gasteiger charge is -2.40. The third-order valence-corrected chi connectivity index (χ3v) is 5.22. The Labute approximate surface area is 145 Å². The molecular weight excluding hydrogens is 320 g/mol. The summed E-state index contributed by atoms with van der Waals surface area (Å²) in [7, 11) is 0. The second-order valence-corrected chi connectivity index (χ2v) is 6.91.